The fourth-order valence-electron chi connectivity index (χ4n) is 3.74. The standard InChI is InChI=1S/C23H22N2O4/c26-21(14-25-22(27)19-8-4-5-9-20(19)23(25)28)24-17-10-12-18(13-11-17)29-15-16-6-2-1-3-7-16/h1-7,10-13,19-20H,8-9,14-15H2,(H,24,26)/t19-,20-/m1/s1. The Morgan fingerprint density at radius 2 is 1.55 bits per heavy atom. The molecule has 6 nitrogen and oxygen atoms in total. The van der Waals surface area contributed by atoms with Crippen LogP contribution in [0.3, 0.4) is 0 Å². The number of anilines is 1. The molecule has 2 aromatic rings. The van der Waals surface area contributed by atoms with Gasteiger partial charge in [0, 0.05) is 5.69 Å². The van der Waals surface area contributed by atoms with Gasteiger partial charge in [-0.3, -0.25) is 19.3 Å². The van der Waals surface area contributed by atoms with Crippen LogP contribution in [-0.2, 0) is 21.0 Å². The monoisotopic (exact) mass is 390 g/mol. The van der Waals surface area contributed by atoms with Crippen LogP contribution in [0.25, 0.3) is 0 Å². The van der Waals surface area contributed by atoms with Crippen LogP contribution in [0, 0.1) is 11.8 Å². The van der Waals surface area contributed by atoms with E-state index in [1.165, 1.54) is 0 Å². The summed E-state index contributed by atoms with van der Waals surface area (Å²) in [5.41, 5.74) is 1.65. The maximum absolute atomic E-state index is 12.4. The van der Waals surface area contributed by atoms with E-state index >= 15 is 0 Å². The Balaban J connectivity index is 1.31. The number of carbonyl (C=O) groups is 3. The number of rotatable bonds is 6. The Morgan fingerprint density at radius 3 is 2.17 bits per heavy atom. The lowest BCUT2D eigenvalue weighted by Gasteiger charge is -2.14. The lowest BCUT2D eigenvalue weighted by Crippen LogP contribution is -2.38. The summed E-state index contributed by atoms with van der Waals surface area (Å²) in [5, 5.41) is 2.74. The molecule has 29 heavy (non-hydrogen) atoms. The van der Waals surface area contributed by atoms with Gasteiger partial charge in [-0.15, -0.1) is 0 Å². The fourth-order valence-corrected chi connectivity index (χ4v) is 3.74. The largest absolute Gasteiger partial charge is 0.489 e. The van der Waals surface area contributed by atoms with Gasteiger partial charge in [0.25, 0.3) is 0 Å². The summed E-state index contributed by atoms with van der Waals surface area (Å²) >= 11 is 0. The molecule has 0 saturated carbocycles. The van der Waals surface area contributed by atoms with Crippen molar-refractivity contribution in [2.75, 3.05) is 11.9 Å². The van der Waals surface area contributed by atoms with E-state index in [0.29, 0.717) is 30.9 Å². The van der Waals surface area contributed by atoms with E-state index in [9.17, 15) is 14.4 Å². The molecule has 0 aromatic heterocycles. The molecule has 2 aliphatic rings. The molecule has 2 atom stereocenters. The molecule has 0 unspecified atom stereocenters. The normalized spacial score (nSPS) is 20.5. The highest BCUT2D eigenvalue weighted by Crippen LogP contribution is 2.34. The predicted octanol–water partition coefficient (Wildman–Crippen LogP) is 3.16. The zero-order chi connectivity index (χ0) is 20.2. The lowest BCUT2D eigenvalue weighted by atomic mass is 9.85. The molecule has 1 aliphatic heterocycles. The van der Waals surface area contributed by atoms with Crippen molar-refractivity contribution in [3.8, 4) is 5.75 Å². The third-order valence-electron chi connectivity index (χ3n) is 5.29. The number of benzene rings is 2. The first-order valence-electron chi connectivity index (χ1n) is 9.68. The van der Waals surface area contributed by atoms with Crippen molar-refractivity contribution in [1.82, 2.24) is 4.90 Å². The molecular weight excluding hydrogens is 368 g/mol. The summed E-state index contributed by atoms with van der Waals surface area (Å²) in [4.78, 5) is 38.3. The number of nitrogens with one attached hydrogen (secondary N) is 1. The highest BCUT2D eigenvalue weighted by Gasteiger charge is 2.47. The van der Waals surface area contributed by atoms with E-state index in [2.05, 4.69) is 5.32 Å². The second-order valence-corrected chi connectivity index (χ2v) is 7.27. The first-order chi connectivity index (χ1) is 14.1. The van der Waals surface area contributed by atoms with Crippen molar-refractivity contribution in [1.29, 1.82) is 0 Å². The van der Waals surface area contributed by atoms with Crippen LogP contribution in [0.4, 0.5) is 5.69 Å². The molecule has 0 bridgehead atoms. The Bertz CT molecular complexity index is 911. The van der Waals surface area contributed by atoms with E-state index in [1.54, 1.807) is 24.3 Å². The average Bonchev–Trinajstić information content (AvgIpc) is 2.99. The maximum atomic E-state index is 12.4. The van der Waals surface area contributed by atoms with Gasteiger partial charge in [0.05, 0.1) is 11.8 Å². The van der Waals surface area contributed by atoms with Gasteiger partial charge in [-0.1, -0.05) is 42.5 Å². The van der Waals surface area contributed by atoms with Crippen LogP contribution < -0.4 is 10.1 Å². The molecule has 2 aromatic carbocycles. The molecule has 1 N–H and O–H groups in total. The number of hydrogen-bond donors (Lipinski definition) is 1. The summed E-state index contributed by atoms with van der Waals surface area (Å²) in [6, 6.07) is 16.8. The van der Waals surface area contributed by atoms with Crippen LogP contribution >= 0.6 is 0 Å². The van der Waals surface area contributed by atoms with E-state index in [-0.39, 0.29) is 30.2 Å². The Kier molecular flexibility index (Phi) is 5.42. The summed E-state index contributed by atoms with van der Waals surface area (Å²) in [5.74, 6) is -0.833. The summed E-state index contributed by atoms with van der Waals surface area (Å²) in [6.07, 6.45) is 4.99. The van der Waals surface area contributed by atoms with Crippen LogP contribution in [0.15, 0.2) is 66.7 Å². The minimum Gasteiger partial charge on any atom is -0.489 e. The average molecular weight is 390 g/mol. The number of nitrogens with zero attached hydrogens (tertiary/aromatic N) is 1. The second kappa shape index (κ2) is 8.31. The van der Waals surface area contributed by atoms with Crippen molar-refractivity contribution in [2.24, 2.45) is 11.8 Å². The van der Waals surface area contributed by atoms with E-state index in [1.807, 2.05) is 42.5 Å². The van der Waals surface area contributed by atoms with Crippen molar-refractivity contribution in [3.05, 3.63) is 72.3 Å². The lowest BCUT2D eigenvalue weighted by molar-refractivity contribution is -0.142. The van der Waals surface area contributed by atoms with Crippen molar-refractivity contribution >= 4 is 23.4 Å². The Labute approximate surface area is 169 Å². The minimum atomic E-state index is -0.392. The van der Waals surface area contributed by atoms with E-state index < -0.39 is 5.91 Å². The van der Waals surface area contributed by atoms with Crippen LogP contribution in [-0.4, -0.2) is 29.2 Å². The zero-order valence-corrected chi connectivity index (χ0v) is 15.9. The van der Waals surface area contributed by atoms with E-state index in [0.717, 1.165) is 10.5 Å². The molecule has 0 spiro atoms. The fraction of sp³-hybridized carbons (Fsp3) is 0.261. The number of ether oxygens (including phenoxy) is 1. The van der Waals surface area contributed by atoms with Crippen LogP contribution in [0.1, 0.15) is 18.4 Å². The van der Waals surface area contributed by atoms with Crippen molar-refractivity contribution in [2.45, 2.75) is 19.4 Å². The molecule has 3 amide bonds. The third-order valence-corrected chi connectivity index (χ3v) is 5.29. The summed E-state index contributed by atoms with van der Waals surface area (Å²) in [6.45, 7) is 0.208. The molecule has 0 radical (unpaired) electrons. The molecule has 1 aliphatic carbocycles. The molecule has 6 heteroatoms. The van der Waals surface area contributed by atoms with Crippen LogP contribution in [0.5, 0.6) is 5.75 Å². The first-order valence-corrected chi connectivity index (χ1v) is 9.68. The van der Waals surface area contributed by atoms with Gasteiger partial charge >= 0.3 is 0 Å². The summed E-state index contributed by atoms with van der Waals surface area (Å²) in [7, 11) is 0. The minimum absolute atomic E-state index is 0.246. The number of hydrogen-bond acceptors (Lipinski definition) is 4. The smallest absolute Gasteiger partial charge is 0.244 e. The molecule has 4 rings (SSSR count). The van der Waals surface area contributed by atoms with Gasteiger partial charge in [0.1, 0.15) is 18.9 Å². The number of allylic oxidation sites excluding steroid dienone is 2. The number of fused-ring (bicyclic) bond motifs is 1. The predicted molar refractivity (Wildman–Crippen MR) is 108 cm³/mol. The number of imide groups is 1. The third kappa shape index (κ3) is 4.21. The summed E-state index contributed by atoms with van der Waals surface area (Å²) < 4.78 is 5.73. The highest BCUT2D eigenvalue weighted by molar-refractivity contribution is 6.08. The molecule has 1 fully saturated rings. The highest BCUT2D eigenvalue weighted by atomic mass is 16.5. The van der Waals surface area contributed by atoms with Crippen molar-refractivity contribution < 1.29 is 19.1 Å². The molecule has 148 valence electrons. The van der Waals surface area contributed by atoms with Gasteiger partial charge < -0.3 is 10.1 Å². The van der Waals surface area contributed by atoms with Gasteiger partial charge in [0.2, 0.25) is 17.7 Å². The van der Waals surface area contributed by atoms with Crippen molar-refractivity contribution in [3.63, 3.8) is 0 Å². The SMILES string of the molecule is O=C(CN1C(=O)[C@@H]2CC=CC[C@H]2C1=O)Nc1ccc(OCc2ccccc2)cc1. The number of amides is 3. The van der Waals surface area contributed by atoms with Crippen LogP contribution in [0.2, 0.25) is 0 Å². The molecule has 1 heterocycles. The second-order valence-electron chi connectivity index (χ2n) is 7.27. The topological polar surface area (TPSA) is 75.7 Å². The Hall–Kier alpha value is -3.41. The molecular formula is C23H22N2O4. The van der Waals surface area contributed by atoms with E-state index in [4.69, 9.17) is 4.74 Å². The molecule has 1 saturated heterocycles. The number of carbonyl (C=O) groups excluding carboxylic acids is 3. The number of likely N-dealkylation sites (tertiary alicyclic amines) is 1. The zero-order valence-electron chi connectivity index (χ0n) is 15.9. The van der Waals surface area contributed by atoms with Gasteiger partial charge in [0.15, 0.2) is 0 Å². The van der Waals surface area contributed by atoms with Gasteiger partial charge in [-0.2, -0.15) is 0 Å². The van der Waals surface area contributed by atoms with Gasteiger partial charge in [-0.05, 0) is 42.7 Å². The maximum Gasteiger partial charge on any atom is 0.244 e. The Morgan fingerprint density at radius 1 is 0.931 bits per heavy atom. The first kappa shape index (κ1) is 18.9. The van der Waals surface area contributed by atoms with Gasteiger partial charge in [-0.25, -0.2) is 0 Å². The quantitative estimate of drug-likeness (QED) is 0.607.